The average Bonchev–Trinajstić information content (AvgIpc) is 3.10. The second-order valence-electron chi connectivity index (χ2n) is 6.30. The van der Waals surface area contributed by atoms with E-state index in [1.165, 1.54) is 0 Å². The van der Waals surface area contributed by atoms with Crippen molar-refractivity contribution in [2.75, 3.05) is 6.54 Å². The molecule has 5 heteroatoms. The summed E-state index contributed by atoms with van der Waals surface area (Å²) in [4.78, 5) is 16.8. The van der Waals surface area contributed by atoms with Crippen molar-refractivity contribution in [1.29, 1.82) is 0 Å². The lowest BCUT2D eigenvalue weighted by Crippen LogP contribution is -2.52. The van der Waals surface area contributed by atoms with Crippen LogP contribution in [0.25, 0.3) is 11.0 Å². The number of nitrogens with two attached hydrogens (primary N) is 1. The number of nitrogens with one attached hydrogen (secondary N) is 1. The Morgan fingerprint density at radius 1 is 1.36 bits per heavy atom. The zero-order valence-electron chi connectivity index (χ0n) is 13.1. The van der Waals surface area contributed by atoms with Crippen LogP contribution in [0.1, 0.15) is 37.9 Å². The number of rotatable bonds is 5. The van der Waals surface area contributed by atoms with Crippen LogP contribution >= 0.6 is 0 Å². The molecule has 1 aliphatic rings. The standard InChI is InChI=1S/C17H24N4O/c1-21-14-8-3-2-7-13(14)20-15(21)9-6-12-19-16(22)17(18)10-4-5-11-17/h2-3,7-8H,4-6,9-12,18H2,1H3,(H,19,22). The lowest BCUT2D eigenvalue weighted by molar-refractivity contribution is -0.126. The summed E-state index contributed by atoms with van der Waals surface area (Å²) in [6.07, 6.45) is 5.46. The van der Waals surface area contributed by atoms with Gasteiger partial charge in [-0.1, -0.05) is 25.0 Å². The van der Waals surface area contributed by atoms with E-state index in [-0.39, 0.29) is 5.91 Å². The molecule has 0 saturated heterocycles. The van der Waals surface area contributed by atoms with E-state index in [1.807, 2.05) is 25.2 Å². The van der Waals surface area contributed by atoms with Gasteiger partial charge in [0.25, 0.3) is 0 Å². The largest absolute Gasteiger partial charge is 0.354 e. The predicted octanol–water partition coefficient (Wildman–Crippen LogP) is 1.89. The van der Waals surface area contributed by atoms with E-state index in [0.29, 0.717) is 6.54 Å². The summed E-state index contributed by atoms with van der Waals surface area (Å²) in [5.41, 5.74) is 7.69. The SMILES string of the molecule is Cn1c(CCCNC(=O)C2(N)CCCC2)nc2ccccc21. The number of fused-ring (bicyclic) bond motifs is 1. The topological polar surface area (TPSA) is 72.9 Å². The molecule has 0 spiro atoms. The van der Waals surface area contributed by atoms with E-state index in [4.69, 9.17) is 5.73 Å². The molecule has 2 aromatic rings. The molecule has 1 fully saturated rings. The number of hydrogen-bond donors (Lipinski definition) is 2. The Labute approximate surface area is 130 Å². The number of carbonyl (C=O) groups is 1. The van der Waals surface area contributed by atoms with Crippen molar-refractivity contribution < 1.29 is 4.79 Å². The minimum Gasteiger partial charge on any atom is -0.354 e. The lowest BCUT2D eigenvalue weighted by atomic mass is 9.98. The molecule has 1 aromatic heterocycles. The highest BCUT2D eigenvalue weighted by atomic mass is 16.2. The minimum atomic E-state index is -0.627. The van der Waals surface area contributed by atoms with Crippen LogP contribution in [0.3, 0.4) is 0 Å². The van der Waals surface area contributed by atoms with Gasteiger partial charge >= 0.3 is 0 Å². The monoisotopic (exact) mass is 300 g/mol. The van der Waals surface area contributed by atoms with Crippen LogP contribution in [0.4, 0.5) is 0 Å². The van der Waals surface area contributed by atoms with Gasteiger partial charge in [-0.05, 0) is 31.4 Å². The number of amides is 1. The molecular formula is C17H24N4O. The fourth-order valence-corrected chi connectivity index (χ4v) is 3.28. The summed E-state index contributed by atoms with van der Waals surface area (Å²) < 4.78 is 2.12. The van der Waals surface area contributed by atoms with Crippen molar-refractivity contribution in [2.45, 2.75) is 44.1 Å². The summed E-state index contributed by atoms with van der Waals surface area (Å²) in [5.74, 6) is 1.06. The van der Waals surface area contributed by atoms with Gasteiger partial charge in [0, 0.05) is 20.0 Å². The zero-order valence-corrected chi connectivity index (χ0v) is 13.1. The van der Waals surface area contributed by atoms with Crippen LogP contribution in [-0.4, -0.2) is 27.5 Å². The van der Waals surface area contributed by atoms with E-state index in [0.717, 1.165) is 55.4 Å². The van der Waals surface area contributed by atoms with Crippen LogP contribution in [-0.2, 0) is 18.3 Å². The first kappa shape index (κ1) is 15.0. The van der Waals surface area contributed by atoms with Gasteiger partial charge in [0.1, 0.15) is 5.82 Å². The number of imidazole rings is 1. The highest BCUT2D eigenvalue weighted by molar-refractivity contribution is 5.86. The van der Waals surface area contributed by atoms with Gasteiger partial charge in [0.15, 0.2) is 0 Å². The average molecular weight is 300 g/mol. The van der Waals surface area contributed by atoms with E-state index in [2.05, 4.69) is 20.9 Å². The van der Waals surface area contributed by atoms with E-state index < -0.39 is 5.54 Å². The van der Waals surface area contributed by atoms with Gasteiger partial charge in [0.05, 0.1) is 16.6 Å². The fraction of sp³-hybridized carbons (Fsp3) is 0.529. The highest BCUT2D eigenvalue weighted by Gasteiger charge is 2.36. The van der Waals surface area contributed by atoms with Crippen molar-refractivity contribution in [3.8, 4) is 0 Å². The van der Waals surface area contributed by atoms with Crippen LogP contribution in [0.2, 0.25) is 0 Å². The second kappa shape index (κ2) is 6.08. The molecule has 0 radical (unpaired) electrons. The molecule has 118 valence electrons. The molecule has 0 aliphatic heterocycles. The van der Waals surface area contributed by atoms with Gasteiger partial charge < -0.3 is 15.6 Å². The van der Waals surface area contributed by atoms with Crippen LogP contribution < -0.4 is 11.1 Å². The first-order valence-corrected chi connectivity index (χ1v) is 8.08. The number of nitrogens with zero attached hydrogens (tertiary/aromatic N) is 2. The minimum absolute atomic E-state index is 0.00926. The zero-order chi connectivity index (χ0) is 15.6. The fourth-order valence-electron chi connectivity index (χ4n) is 3.28. The first-order chi connectivity index (χ1) is 10.6. The maximum Gasteiger partial charge on any atom is 0.240 e. The van der Waals surface area contributed by atoms with Gasteiger partial charge in [0.2, 0.25) is 5.91 Å². The van der Waals surface area contributed by atoms with Crippen molar-refractivity contribution >= 4 is 16.9 Å². The third-order valence-electron chi connectivity index (χ3n) is 4.69. The molecule has 0 atom stereocenters. The molecule has 0 unspecified atom stereocenters. The smallest absolute Gasteiger partial charge is 0.240 e. The van der Waals surface area contributed by atoms with Crippen molar-refractivity contribution in [2.24, 2.45) is 12.8 Å². The Balaban J connectivity index is 1.52. The highest BCUT2D eigenvalue weighted by Crippen LogP contribution is 2.27. The summed E-state index contributed by atoms with van der Waals surface area (Å²) in [6, 6.07) is 8.13. The molecule has 1 amide bonds. The number of para-hydroxylation sites is 2. The van der Waals surface area contributed by atoms with E-state index >= 15 is 0 Å². The third kappa shape index (κ3) is 2.86. The van der Waals surface area contributed by atoms with Crippen molar-refractivity contribution in [1.82, 2.24) is 14.9 Å². The third-order valence-corrected chi connectivity index (χ3v) is 4.69. The van der Waals surface area contributed by atoms with Crippen LogP contribution in [0, 0.1) is 0 Å². The molecule has 1 aliphatic carbocycles. The molecule has 3 N–H and O–H groups in total. The summed E-state index contributed by atoms with van der Waals surface area (Å²) >= 11 is 0. The molecule has 1 saturated carbocycles. The van der Waals surface area contributed by atoms with Gasteiger partial charge in [-0.2, -0.15) is 0 Å². The normalized spacial score (nSPS) is 17.0. The van der Waals surface area contributed by atoms with Gasteiger partial charge in [-0.15, -0.1) is 0 Å². The molecule has 1 heterocycles. The quantitative estimate of drug-likeness (QED) is 0.828. The maximum absolute atomic E-state index is 12.1. The Bertz CT molecular complexity index is 670. The predicted molar refractivity (Wildman–Crippen MR) is 87.4 cm³/mol. The molecule has 0 bridgehead atoms. The Morgan fingerprint density at radius 2 is 2.09 bits per heavy atom. The number of hydrogen-bond acceptors (Lipinski definition) is 3. The second-order valence-corrected chi connectivity index (χ2v) is 6.30. The maximum atomic E-state index is 12.1. The first-order valence-electron chi connectivity index (χ1n) is 8.08. The van der Waals surface area contributed by atoms with Gasteiger partial charge in [-0.25, -0.2) is 4.98 Å². The van der Waals surface area contributed by atoms with Crippen LogP contribution in [0.15, 0.2) is 24.3 Å². The Hall–Kier alpha value is -1.88. The summed E-state index contributed by atoms with van der Waals surface area (Å²) in [7, 11) is 2.04. The Kier molecular flexibility index (Phi) is 4.16. The molecule has 5 nitrogen and oxygen atoms in total. The van der Waals surface area contributed by atoms with E-state index in [9.17, 15) is 4.79 Å². The molecule has 1 aromatic carbocycles. The molecule has 3 rings (SSSR count). The Morgan fingerprint density at radius 3 is 2.82 bits per heavy atom. The number of aryl methyl sites for hydroxylation is 2. The molecular weight excluding hydrogens is 276 g/mol. The van der Waals surface area contributed by atoms with E-state index in [1.54, 1.807) is 0 Å². The van der Waals surface area contributed by atoms with Crippen molar-refractivity contribution in [3.63, 3.8) is 0 Å². The number of aromatic nitrogens is 2. The summed E-state index contributed by atoms with van der Waals surface area (Å²) in [6.45, 7) is 0.654. The number of carbonyl (C=O) groups excluding carboxylic acids is 1. The van der Waals surface area contributed by atoms with Crippen LogP contribution in [0.5, 0.6) is 0 Å². The molecule has 22 heavy (non-hydrogen) atoms. The summed E-state index contributed by atoms with van der Waals surface area (Å²) in [5, 5.41) is 2.99. The van der Waals surface area contributed by atoms with Crippen molar-refractivity contribution in [3.05, 3.63) is 30.1 Å². The van der Waals surface area contributed by atoms with Gasteiger partial charge in [-0.3, -0.25) is 4.79 Å². The number of benzene rings is 1. The lowest BCUT2D eigenvalue weighted by Gasteiger charge is -2.22.